The van der Waals surface area contributed by atoms with E-state index in [4.69, 9.17) is 0 Å². The minimum Gasteiger partial charge on any atom is -0.465 e. The molecule has 6 heteroatoms. The van der Waals surface area contributed by atoms with E-state index in [1.807, 2.05) is 30.3 Å². The molecule has 0 heterocycles. The molecule has 0 bridgehead atoms. The molecule has 5 nitrogen and oxygen atoms in total. The molecule has 0 N–H and O–H groups in total. The fourth-order valence-corrected chi connectivity index (χ4v) is 4.11. The van der Waals surface area contributed by atoms with Crippen LogP contribution in [0.3, 0.4) is 0 Å². The van der Waals surface area contributed by atoms with E-state index in [0.29, 0.717) is 11.1 Å². The van der Waals surface area contributed by atoms with Gasteiger partial charge < -0.3 is 4.74 Å². The molecule has 0 fully saturated rings. The Morgan fingerprint density at radius 3 is 2.44 bits per heavy atom. The number of carbonyl (C=O) groups excluding carboxylic acids is 1. The molecule has 0 aliphatic heterocycles. The standard InChI is InChI=1S/C19H21NO4S/c1-4-12-20(14-16-8-6-5-7-9-16)25(22,23)18-11-10-17(13-15(18)2)19(21)24-3/h4-11,13H,1,12,14H2,2-3H3. The van der Waals surface area contributed by atoms with Crippen molar-refractivity contribution in [2.24, 2.45) is 0 Å². The predicted octanol–water partition coefficient (Wildman–Crippen LogP) is 3.16. The smallest absolute Gasteiger partial charge is 0.337 e. The molecule has 132 valence electrons. The largest absolute Gasteiger partial charge is 0.465 e. The molecule has 2 aromatic carbocycles. The van der Waals surface area contributed by atoms with Crippen LogP contribution in [0.4, 0.5) is 0 Å². The van der Waals surface area contributed by atoms with Gasteiger partial charge in [0.15, 0.2) is 0 Å². The van der Waals surface area contributed by atoms with E-state index in [1.54, 1.807) is 13.0 Å². The second-order valence-electron chi connectivity index (χ2n) is 5.54. The van der Waals surface area contributed by atoms with Crippen molar-refractivity contribution in [3.05, 3.63) is 77.9 Å². The highest BCUT2D eigenvalue weighted by atomic mass is 32.2. The molecule has 0 radical (unpaired) electrons. The molecule has 0 aliphatic rings. The first-order valence-corrected chi connectivity index (χ1v) is 9.18. The molecule has 0 saturated carbocycles. The van der Waals surface area contributed by atoms with Gasteiger partial charge in [0.1, 0.15) is 0 Å². The lowest BCUT2D eigenvalue weighted by molar-refractivity contribution is 0.0600. The maximum absolute atomic E-state index is 13.1. The summed E-state index contributed by atoms with van der Waals surface area (Å²) in [6.07, 6.45) is 1.55. The van der Waals surface area contributed by atoms with E-state index in [-0.39, 0.29) is 18.0 Å². The number of carbonyl (C=O) groups is 1. The molecule has 2 rings (SSSR count). The molecule has 0 unspecified atom stereocenters. The molecule has 0 aromatic heterocycles. The number of nitrogens with zero attached hydrogens (tertiary/aromatic N) is 1. The van der Waals surface area contributed by atoms with Gasteiger partial charge in [0.05, 0.1) is 17.6 Å². The summed E-state index contributed by atoms with van der Waals surface area (Å²) in [4.78, 5) is 11.8. The van der Waals surface area contributed by atoms with Crippen LogP contribution in [0, 0.1) is 6.92 Å². The molecule has 2 aromatic rings. The van der Waals surface area contributed by atoms with Crippen LogP contribution in [0.15, 0.2) is 66.1 Å². The molecule has 0 saturated heterocycles. The monoisotopic (exact) mass is 359 g/mol. The summed E-state index contributed by atoms with van der Waals surface area (Å²) in [5.74, 6) is -0.501. The highest BCUT2D eigenvalue weighted by molar-refractivity contribution is 7.89. The van der Waals surface area contributed by atoms with Crippen LogP contribution >= 0.6 is 0 Å². The Kier molecular flexibility index (Phi) is 6.12. The molecule has 0 aliphatic carbocycles. The van der Waals surface area contributed by atoms with Crippen LogP contribution in [0.25, 0.3) is 0 Å². The fraction of sp³-hybridized carbons (Fsp3) is 0.211. The second-order valence-corrected chi connectivity index (χ2v) is 7.45. The molecule has 0 spiro atoms. The number of ether oxygens (including phenoxy) is 1. The average Bonchev–Trinajstić information content (AvgIpc) is 2.61. The third kappa shape index (κ3) is 4.35. The van der Waals surface area contributed by atoms with Crippen LogP contribution in [0.1, 0.15) is 21.5 Å². The lowest BCUT2D eigenvalue weighted by atomic mass is 10.1. The van der Waals surface area contributed by atoms with E-state index >= 15 is 0 Å². The third-order valence-corrected chi connectivity index (χ3v) is 5.72. The van der Waals surface area contributed by atoms with E-state index in [2.05, 4.69) is 11.3 Å². The lowest BCUT2D eigenvalue weighted by Crippen LogP contribution is -2.31. The number of hydrogen-bond donors (Lipinski definition) is 0. The quantitative estimate of drug-likeness (QED) is 0.563. The summed E-state index contributed by atoms with van der Waals surface area (Å²) >= 11 is 0. The number of hydrogen-bond acceptors (Lipinski definition) is 4. The van der Waals surface area contributed by atoms with Gasteiger partial charge in [-0.3, -0.25) is 0 Å². The Labute approximate surface area is 148 Å². The Balaban J connectivity index is 2.39. The van der Waals surface area contributed by atoms with E-state index in [0.717, 1.165) is 5.56 Å². The Hall–Kier alpha value is -2.44. The van der Waals surface area contributed by atoms with Crippen LogP contribution in [0.5, 0.6) is 0 Å². The highest BCUT2D eigenvalue weighted by Crippen LogP contribution is 2.23. The molecule has 0 atom stereocenters. The van der Waals surface area contributed by atoms with Gasteiger partial charge in [-0.15, -0.1) is 6.58 Å². The Morgan fingerprint density at radius 1 is 1.20 bits per heavy atom. The van der Waals surface area contributed by atoms with Crippen molar-refractivity contribution in [1.29, 1.82) is 0 Å². The summed E-state index contributed by atoms with van der Waals surface area (Å²) in [6, 6.07) is 13.8. The number of esters is 1. The first-order chi connectivity index (χ1) is 11.9. The third-order valence-electron chi connectivity index (χ3n) is 3.75. The normalized spacial score (nSPS) is 11.3. The number of aryl methyl sites for hydroxylation is 1. The van der Waals surface area contributed by atoms with Crippen LogP contribution in [-0.4, -0.2) is 32.3 Å². The van der Waals surface area contributed by atoms with Crippen molar-refractivity contribution in [3.63, 3.8) is 0 Å². The topological polar surface area (TPSA) is 63.7 Å². The first-order valence-electron chi connectivity index (χ1n) is 7.74. The van der Waals surface area contributed by atoms with Gasteiger partial charge in [-0.05, 0) is 36.2 Å². The Morgan fingerprint density at radius 2 is 1.88 bits per heavy atom. The van der Waals surface area contributed by atoms with Crippen molar-refractivity contribution in [2.75, 3.05) is 13.7 Å². The van der Waals surface area contributed by atoms with Gasteiger partial charge in [0, 0.05) is 13.1 Å². The van der Waals surface area contributed by atoms with Crippen LogP contribution < -0.4 is 0 Å². The van der Waals surface area contributed by atoms with Gasteiger partial charge >= 0.3 is 5.97 Å². The van der Waals surface area contributed by atoms with Crippen molar-refractivity contribution in [3.8, 4) is 0 Å². The number of benzene rings is 2. The van der Waals surface area contributed by atoms with Gasteiger partial charge in [-0.25, -0.2) is 13.2 Å². The second kappa shape index (κ2) is 8.09. The van der Waals surface area contributed by atoms with Crippen molar-refractivity contribution >= 4 is 16.0 Å². The van der Waals surface area contributed by atoms with Gasteiger partial charge in [-0.2, -0.15) is 4.31 Å². The summed E-state index contributed by atoms with van der Waals surface area (Å²) in [6.45, 7) is 5.75. The zero-order valence-corrected chi connectivity index (χ0v) is 15.1. The van der Waals surface area contributed by atoms with E-state index in [1.165, 1.54) is 29.6 Å². The number of sulfonamides is 1. The maximum atomic E-state index is 13.1. The lowest BCUT2D eigenvalue weighted by Gasteiger charge is -2.22. The number of rotatable bonds is 7. The minimum absolute atomic E-state index is 0.165. The number of methoxy groups -OCH3 is 1. The van der Waals surface area contributed by atoms with E-state index in [9.17, 15) is 13.2 Å². The summed E-state index contributed by atoms with van der Waals surface area (Å²) in [7, 11) is -2.45. The molecular formula is C19H21NO4S. The summed E-state index contributed by atoms with van der Waals surface area (Å²) < 4.78 is 32.1. The van der Waals surface area contributed by atoms with Gasteiger partial charge in [0.25, 0.3) is 0 Å². The Bertz CT molecular complexity index is 860. The fourth-order valence-electron chi connectivity index (χ4n) is 2.50. The summed E-state index contributed by atoms with van der Waals surface area (Å²) in [5.41, 5.74) is 1.69. The predicted molar refractivity (Wildman–Crippen MR) is 96.8 cm³/mol. The molecular weight excluding hydrogens is 338 g/mol. The zero-order chi connectivity index (χ0) is 18.4. The van der Waals surface area contributed by atoms with Gasteiger partial charge in [0.2, 0.25) is 10.0 Å². The minimum atomic E-state index is -3.73. The van der Waals surface area contributed by atoms with Crippen LogP contribution in [-0.2, 0) is 21.3 Å². The maximum Gasteiger partial charge on any atom is 0.337 e. The zero-order valence-electron chi connectivity index (χ0n) is 14.3. The average molecular weight is 359 g/mol. The van der Waals surface area contributed by atoms with E-state index < -0.39 is 16.0 Å². The highest BCUT2D eigenvalue weighted by Gasteiger charge is 2.26. The molecule has 25 heavy (non-hydrogen) atoms. The van der Waals surface area contributed by atoms with Crippen LogP contribution in [0.2, 0.25) is 0 Å². The van der Waals surface area contributed by atoms with Crippen molar-refractivity contribution in [1.82, 2.24) is 4.31 Å². The SMILES string of the molecule is C=CCN(Cc1ccccc1)S(=O)(=O)c1ccc(C(=O)OC)cc1C. The van der Waals surface area contributed by atoms with Gasteiger partial charge in [-0.1, -0.05) is 36.4 Å². The van der Waals surface area contributed by atoms with Crippen molar-refractivity contribution in [2.45, 2.75) is 18.4 Å². The first kappa shape index (κ1) is 18.9. The molecule has 0 amide bonds. The summed E-state index contributed by atoms with van der Waals surface area (Å²) in [5, 5.41) is 0. The van der Waals surface area contributed by atoms with Crippen molar-refractivity contribution < 1.29 is 17.9 Å².